The van der Waals surface area contributed by atoms with Crippen LogP contribution in [0.25, 0.3) is 0 Å². The standard InChI is InChI=1S/C11H17ClN2S/c1-5-7(2)6-15-11-10(12)13-8(3)9(4)14-11/h7H,5-6H2,1-4H3. The second-order valence-electron chi connectivity index (χ2n) is 3.81. The van der Waals surface area contributed by atoms with Gasteiger partial charge in [0.1, 0.15) is 5.03 Å². The lowest BCUT2D eigenvalue weighted by atomic mass is 10.2. The number of thioether (sulfide) groups is 1. The topological polar surface area (TPSA) is 25.8 Å². The Hall–Kier alpha value is -0.280. The van der Waals surface area contributed by atoms with E-state index >= 15 is 0 Å². The number of nitrogens with zero attached hydrogens (tertiary/aromatic N) is 2. The fourth-order valence-corrected chi connectivity index (χ4v) is 2.36. The molecule has 0 aliphatic carbocycles. The largest absolute Gasteiger partial charge is 0.242 e. The third-order valence-corrected chi connectivity index (χ3v) is 4.11. The van der Waals surface area contributed by atoms with Crippen molar-refractivity contribution in [2.24, 2.45) is 5.92 Å². The van der Waals surface area contributed by atoms with E-state index in [2.05, 4.69) is 23.8 Å². The number of halogens is 1. The predicted octanol–water partition coefficient (Wildman–Crippen LogP) is 3.89. The molecule has 1 rings (SSSR count). The van der Waals surface area contributed by atoms with E-state index in [1.165, 1.54) is 6.42 Å². The van der Waals surface area contributed by atoms with Crippen LogP contribution in [0.3, 0.4) is 0 Å². The Bertz CT molecular complexity index is 342. The van der Waals surface area contributed by atoms with E-state index in [0.717, 1.165) is 22.2 Å². The maximum atomic E-state index is 6.03. The first kappa shape index (κ1) is 12.8. The summed E-state index contributed by atoms with van der Waals surface area (Å²) >= 11 is 7.73. The lowest BCUT2D eigenvalue weighted by Gasteiger charge is -2.09. The molecule has 1 aromatic rings. The summed E-state index contributed by atoms with van der Waals surface area (Å²) in [6.07, 6.45) is 1.18. The number of hydrogen-bond acceptors (Lipinski definition) is 3. The Balaban J connectivity index is 2.73. The number of hydrogen-bond donors (Lipinski definition) is 0. The zero-order valence-electron chi connectivity index (χ0n) is 9.67. The van der Waals surface area contributed by atoms with Crippen LogP contribution in [-0.4, -0.2) is 15.7 Å². The van der Waals surface area contributed by atoms with E-state index in [1.807, 2.05) is 13.8 Å². The lowest BCUT2D eigenvalue weighted by Crippen LogP contribution is -1.99. The highest BCUT2D eigenvalue weighted by atomic mass is 35.5. The molecule has 1 heterocycles. The Morgan fingerprint density at radius 1 is 1.27 bits per heavy atom. The van der Waals surface area contributed by atoms with E-state index in [-0.39, 0.29) is 0 Å². The van der Waals surface area contributed by atoms with Crippen molar-refractivity contribution in [1.29, 1.82) is 0 Å². The summed E-state index contributed by atoms with van der Waals surface area (Å²) in [6, 6.07) is 0. The van der Waals surface area contributed by atoms with Gasteiger partial charge in [0.15, 0.2) is 5.15 Å². The molecule has 84 valence electrons. The van der Waals surface area contributed by atoms with E-state index in [0.29, 0.717) is 11.1 Å². The summed E-state index contributed by atoms with van der Waals surface area (Å²) in [5.41, 5.74) is 1.87. The van der Waals surface area contributed by atoms with E-state index in [4.69, 9.17) is 11.6 Å². The van der Waals surface area contributed by atoms with E-state index in [1.54, 1.807) is 11.8 Å². The fourth-order valence-electron chi connectivity index (χ4n) is 0.986. The van der Waals surface area contributed by atoms with Gasteiger partial charge < -0.3 is 0 Å². The van der Waals surface area contributed by atoms with Gasteiger partial charge in [0.05, 0.1) is 11.4 Å². The fraction of sp³-hybridized carbons (Fsp3) is 0.636. The van der Waals surface area contributed by atoms with Gasteiger partial charge in [0, 0.05) is 5.75 Å². The molecule has 0 aliphatic rings. The predicted molar refractivity (Wildman–Crippen MR) is 66.7 cm³/mol. The smallest absolute Gasteiger partial charge is 0.161 e. The molecule has 0 aromatic carbocycles. The van der Waals surface area contributed by atoms with Crippen molar-refractivity contribution in [3.8, 4) is 0 Å². The van der Waals surface area contributed by atoms with Crippen molar-refractivity contribution in [3.05, 3.63) is 16.5 Å². The van der Waals surface area contributed by atoms with Crippen molar-refractivity contribution in [1.82, 2.24) is 9.97 Å². The highest BCUT2D eigenvalue weighted by molar-refractivity contribution is 7.99. The van der Waals surface area contributed by atoms with Gasteiger partial charge in [0.25, 0.3) is 0 Å². The van der Waals surface area contributed by atoms with Gasteiger partial charge in [-0.05, 0) is 19.8 Å². The molecule has 0 aliphatic heterocycles. The van der Waals surface area contributed by atoms with Crippen molar-refractivity contribution in [3.63, 3.8) is 0 Å². The average Bonchev–Trinajstić information content (AvgIpc) is 2.21. The van der Waals surface area contributed by atoms with Gasteiger partial charge in [-0.15, -0.1) is 11.8 Å². The molecular formula is C11H17ClN2S. The molecule has 0 fully saturated rings. The first-order valence-corrected chi connectivity index (χ1v) is 6.54. The summed E-state index contributed by atoms with van der Waals surface area (Å²) in [5, 5.41) is 1.39. The maximum Gasteiger partial charge on any atom is 0.161 e. The molecule has 0 radical (unpaired) electrons. The van der Waals surface area contributed by atoms with Crippen LogP contribution in [0.4, 0.5) is 0 Å². The molecule has 0 N–H and O–H groups in total. The summed E-state index contributed by atoms with van der Waals surface area (Å²) in [4.78, 5) is 8.71. The monoisotopic (exact) mass is 244 g/mol. The molecule has 1 aromatic heterocycles. The van der Waals surface area contributed by atoms with Gasteiger partial charge >= 0.3 is 0 Å². The average molecular weight is 245 g/mol. The number of rotatable bonds is 4. The number of aromatic nitrogens is 2. The van der Waals surface area contributed by atoms with Gasteiger partial charge in [-0.3, -0.25) is 0 Å². The molecular weight excluding hydrogens is 228 g/mol. The minimum atomic E-state index is 0.534. The Kier molecular flexibility index (Phi) is 4.87. The summed E-state index contributed by atoms with van der Waals surface area (Å²) in [6.45, 7) is 8.32. The molecule has 0 bridgehead atoms. The van der Waals surface area contributed by atoms with Crippen LogP contribution in [0.5, 0.6) is 0 Å². The molecule has 2 nitrogen and oxygen atoms in total. The highest BCUT2D eigenvalue weighted by Gasteiger charge is 2.09. The van der Waals surface area contributed by atoms with Crippen LogP contribution >= 0.6 is 23.4 Å². The minimum Gasteiger partial charge on any atom is -0.242 e. The molecule has 1 unspecified atom stereocenters. The second kappa shape index (κ2) is 5.71. The zero-order chi connectivity index (χ0) is 11.4. The normalized spacial score (nSPS) is 12.9. The Morgan fingerprint density at radius 2 is 1.87 bits per heavy atom. The molecule has 4 heteroatoms. The van der Waals surface area contributed by atoms with Crippen molar-refractivity contribution >= 4 is 23.4 Å². The van der Waals surface area contributed by atoms with Crippen LogP contribution < -0.4 is 0 Å². The zero-order valence-corrected chi connectivity index (χ0v) is 11.2. The van der Waals surface area contributed by atoms with Gasteiger partial charge in [0.2, 0.25) is 0 Å². The second-order valence-corrected chi connectivity index (χ2v) is 5.18. The molecule has 0 saturated heterocycles. The third-order valence-electron chi connectivity index (χ3n) is 2.44. The summed E-state index contributed by atoms with van der Waals surface area (Å²) in [5.74, 6) is 1.74. The van der Waals surface area contributed by atoms with Gasteiger partial charge in [-0.1, -0.05) is 31.9 Å². The van der Waals surface area contributed by atoms with E-state index < -0.39 is 0 Å². The molecule has 0 spiro atoms. The lowest BCUT2D eigenvalue weighted by molar-refractivity contribution is 0.636. The number of aryl methyl sites for hydroxylation is 2. The SMILES string of the molecule is CCC(C)CSc1nc(C)c(C)nc1Cl. The van der Waals surface area contributed by atoms with Crippen LogP contribution in [0, 0.1) is 19.8 Å². The Labute approximate surface area is 101 Å². The molecule has 0 saturated carbocycles. The van der Waals surface area contributed by atoms with Crippen molar-refractivity contribution < 1.29 is 0 Å². The van der Waals surface area contributed by atoms with Crippen LogP contribution in [0.2, 0.25) is 5.15 Å². The van der Waals surface area contributed by atoms with Gasteiger partial charge in [-0.2, -0.15) is 0 Å². The van der Waals surface area contributed by atoms with Crippen molar-refractivity contribution in [2.45, 2.75) is 39.1 Å². The minimum absolute atomic E-state index is 0.534. The first-order valence-electron chi connectivity index (χ1n) is 5.18. The van der Waals surface area contributed by atoms with Crippen LogP contribution in [0.15, 0.2) is 5.03 Å². The third kappa shape index (κ3) is 3.65. The highest BCUT2D eigenvalue weighted by Crippen LogP contribution is 2.26. The van der Waals surface area contributed by atoms with E-state index in [9.17, 15) is 0 Å². The van der Waals surface area contributed by atoms with Crippen LogP contribution in [0.1, 0.15) is 31.7 Å². The molecule has 1 atom stereocenters. The summed E-state index contributed by atoms with van der Waals surface area (Å²) < 4.78 is 0. The molecule has 15 heavy (non-hydrogen) atoms. The maximum absolute atomic E-state index is 6.03. The quantitative estimate of drug-likeness (QED) is 0.752. The Morgan fingerprint density at radius 3 is 2.47 bits per heavy atom. The van der Waals surface area contributed by atoms with Gasteiger partial charge in [-0.25, -0.2) is 9.97 Å². The van der Waals surface area contributed by atoms with Crippen LogP contribution in [-0.2, 0) is 0 Å². The first-order chi connectivity index (χ1) is 7.04. The molecule has 0 amide bonds. The summed E-state index contributed by atoms with van der Waals surface area (Å²) in [7, 11) is 0. The van der Waals surface area contributed by atoms with Crippen molar-refractivity contribution in [2.75, 3.05) is 5.75 Å².